The van der Waals surface area contributed by atoms with E-state index in [4.69, 9.17) is 15.2 Å². The van der Waals surface area contributed by atoms with E-state index in [1.807, 2.05) is 38.1 Å². The van der Waals surface area contributed by atoms with Crippen LogP contribution in [0.15, 0.2) is 24.3 Å². The molecule has 0 amide bonds. The van der Waals surface area contributed by atoms with E-state index in [9.17, 15) is 5.11 Å². The van der Waals surface area contributed by atoms with E-state index >= 15 is 0 Å². The molecule has 4 nitrogen and oxygen atoms in total. The Hall–Kier alpha value is -1.10. The van der Waals surface area contributed by atoms with Gasteiger partial charge in [0, 0.05) is 11.3 Å². The van der Waals surface area contributed by atoms with Crippen LogP contribution in [-0.2, 0) is 9.47 Å². The third-order valence-electron chi connectivity index (χ3n) is 3.61. The van der Waals surface area contributed by atoms with Gasteiger partial charge in [0.2, 0.25) is 0 Å². The predicted octanol–water partition coefficient (Wildman–Crippen LogP) is 2.23. The van der Waals surface area contributed by atoms with Crippen molar-refractivity contribution < 1.29 is 14.6 Å². The summed E-state index contributed by atoms with van der Waals surface area (Å²) in [7, 11) is 0. The highest BCUT2D eigenvalue weighted by Crippen LogP contribution is 2.43. The van der Waals surface area contributed by atoms with Crippen molar-refractivity contribution in [3.05, 3.63) is 29.8 Å². The van der Waals surface area contributed by atoms with Gasteiger partial charge in [-0.05, 0) is 18.9 Å². The lowest BCUT2D eigenvalue weighted by Crippen LogP contribution is -2.29. The van der Waals surface area contributed by atoms with E-state index < -0.39 is 5.79 Å². The van der Waals surface area contributed by atoms with E-state index in [1.165, 1.54) is 0 Å². The number of para-hydroxylation sites is 1. The summed E-state index contributed by atoms with van der Waals surface area (Å²) in [6.45, 7) is 3.98. The van der Waals surface area contributed by atoms with Crippen molar-refractivity contribution in [3.8, 4) is 0 Å². The van der Waals surface area contributed by atoms with E-state index in [0.29, 0.717) is 5.69 Å². The maximum Gasteiger partial charge on any atom is 0.169 e. The summed E-state index contributed by atoms with van der Waals surface area (Å²) in [5.41, 5.74) is 7.53. The van der Waals surface area contributed by atoms with Crippen molar-refractivity contribution in [2.45, 2.75) is 44.7 Å². The molecule has 1 aliphatic heterocycles. The van der Waals surface area contributed by atoms with Gasteiger partial charge in [-0.25, -0.2) is 0 Å². The predicted molar refractivity (Wildman–Crippen MR) is 70.0 cm³/mol. The molecule has 2 unspecified atom stereocenters. The van der Waals surface area contributed by atoms with Crippen LogP contribution in [0.1, 0.15) is 38.4 Å². The minimum atomic E-state index is -0.597. The highest BCUT2D eigenvalue weighted by atomic mass is 16.8. The largest absolute Gasteiger partial charge is 0.398 e. The van der Waals surface area contributed by atoms with Crippen LogP contribution < -0.4 is 5.73 Å². The minimum absolute atomic E-state index is 0.0687. The zero-order valence-electron chi connectivity index (χ0n) is 10.9. The lowest BCUT2D eigenvalue weighted by Gasteiger charge is -2.25. The van der Waals surface area contributed by atoms with Crippen LogP contribution >= 0.6 is 0 Å². The van der Waals surface area contributed by atoms with Crippen molar-refractivity contribution in [1.29, 1.82) is 0 Å². The van der Waals surface area contributed by atoms with Crippen molar-refractivity contribution in [2.75, 3.05) is 12.3 Å². The van der Waals surface area contributed by atoms with E-state index in [-0.39, 0.29) is 18.8 Å². The molecule has 2 rings (SSSR count). The van der Waals surface area contributed by atoms with Crippen molar-refractivity contribution >= 4 is 5.69 Å². The summed E-state index contributed by atoms with van der Waals surface area (Å²) < 4.78 is 11.9. The van der Waals surface area contributed by atoms with Gasteiger partial charge in [0.25, 0.3) is 0 Å². The first-order valence-corrected chi connectivity index (χ1v) is 6.46. The average molecular weight is 251 g/mol. The Morgan fingerprint density at radius 2 is 1.89 bits per heavy atom. The Balaban J connectivity index is 2.30. The number of rotatable bonds is 4. The standard InChI is InChI=1S/C14H21NO3/c1-3-14(4-2)17-12(9-16)13(18-14)10-7-5-6-8-11(10)15/h5-8,12-13,16H,3-4,9,15H2,1-2H3. The summed E-state index contributed by atoms with van der Waals surface area (Å²) in [6, 6.07) is 7.56. The molecular formula is C14H21NO3. The number of aliphatic hydroxyl groups is 1. The molecule has 1 heterocycles. The Morgan fingerprint density at radius 1 is 1.22 bits per heavy atom. The summed E-state index contributed by atoms with van der Waals surface area (Å²) in [5, 5.41) is 9.47. The lowest BCUT2D eigenvalue weighted by molar-refractivity contribution is -0.181. The summed E-state index contributed by atoms with van der Waals surface area (Å²) in [4.78, 5) is 0. The van der Waals surface area contributed by atoms with Gasteiger partial charge < -0.3 is 20.3 Å². The molecule has 2 atom stereocenters. The van der Waals surface area contributed by atoms with Crippen molar-refractivity contribution in [2.24, 2.45) is 0 Å². The molecule has 1 fully saturated rings. The molecule has 18 heavy (non-hydrogen) atoms. The Morgan fingerprint density at radius 3 is 2.44 bits per heavy atom. The molecule has 1 saturated heterocycles. The molecule has 100 valence electrons. The molecule has 0 aromatic heterocycles. The topological polar surface area (TPSA) is 64.7 Å². The number of hydrogen-bond acceptors (Lipinski definition) is 4. The summed E-state index contributed by atoms with van der Waals surface area (Å²) in [6.07, 6.45) is 0.859. The van der Waals surface area contributed by atoms with E-state index in [2.05, 4.69) is 0 Å². The van der Waals surface area contributed by atoms with E-state index in [1.54, 1.807) is 0 Å². The molecule has 4 heteroatoms. The number of nitrogens with two attached hydrogens (primary N) is 1. The molecule has 0 aliphatic carbocycles. The molecule has 1 aromatic carbocycles. The second kappa shape index (κ2) is 5.26. The monoisotopic (exact) mass is 251 g/mol. The van der Waals surface area contributed by atoms with Gasteiger partial charge in [0.05, 0.1) is 6.61 Å². The van der Waals surface area contributed by atoms with Crippen LogP contribution in [0.25, 0.3) is 0 Å². The number of aliphatic hydroxyl groups excluding tert-OH is 1. The summed E-state index contributed by atoms with van der Waals surface area (Å²) in [5.74, 6) is -0.597. The first-order valence-electron chi connectivity index (χ1n) is 6.46. The third kappa shape index (κ3) is 2.23. The SMILES string of the molecule is CCC1(CC)OC(CO)C(c2ccccc2N)O1. The van der Waals surface area contributed by atoms with Gasteiger partial charge in [-0.1, -0.05) is 32.0 Å². The highest BCUT2D eigenvalue weighted by molar-refractivity contribution is 5.48. The smallest absolute Gasteiger partial charge is 0.169 e. The van der Waals surface area contributed by atoms with Crippen LogP contribution in [0.4, 0.5) is 5.69 Å². The first kappa shape index (κ1) is 13.3. The van der Waals surface area contributed by atoms with Crippen molar-refractivity contribution in [3.63, 3.8) is 0 Å². The zero-order valence-corrected chi connectivity index (χ0v) is 10.9. The minimum Gasteiger partial charge on any atom is -0.398 e. The second-order valence-electron chi connectivity index (χ2n) is 4.62. The molecule has 0 saturated carbocycles. The Kier molecular flexibility index (Phi) is 3.90. The molecule has 0 spiro atoms. The molecule has 0 radical (unpaired) electrons. The fourth-order valence-corrected chi connectivity index (χ4v) is 2.42. The van der Waals surface area contributed by atoms with Gasteiger partial charge >= 0.3 is 0 Å². The molecule has 1 aromatic rings. The maximum absolute atomic E-state index is 9.47. The van der Waals surface area contributed by atoms with Crippen LogP contribution in [0.5, 0.6) is 0 Å². The van der Waals surface area contributed by atoms with E-state index in [0.717, 1.165) is 18.4 Å². The van der Waals surface area contributed by atoms with Crippen molar-refractivity contribution in [1.82, 2.24) is 0 Å². The fraction of sp³-hybridized carbons (Fsp3) is 0.571. The maximum atomic E-state index is 9.47. The van der Waals surface area contributed by atoms with Gasteiger partial charge in [-0.15, -0.1) is 0 Å². The lowest BCUT2D eigenvalue weighted by atomic mass is 10.0. The normalized spacial score (nSPS) is 26.4. The number of ether oxygens (including phenoxy) is 2. The second-order valence-corrected chi connectivity index (χ2v) is 4.62. The number of nitrogen functional groups attached to an aromatic ring is 1. The summed E-state index contributed by atoms with van der Waals surface area (Å²) >= 11 is 0. The zero-order chi connectivity index (χ0) is 13.2. The number of hydrogen-bond donors (Lipinski definition) is 2. The third-order valence-corrected chi connectivity index (χ3v) is 3.61. The van der Waals surface area contributed by atoms with Crippen LogP contribution in [-0.4, -0.2) is 23.6 Å². The van der Waals surface area contributed by atoms with Crippen LogP contribution in [0, 0.1) is 0 Å². The van der Waals surface area contributed by atoms with Crippen LogP contribution in [0.3, 0.4) is 0 Å². The van der Waals surface area contributed by atoms with Gasteiger partial charge in [-0.3, -0.25) is 0 Å². The average Bonchev–Trinajstić information content (AvgIpc) is 2.79. The Labute approximate surface area is 108 Å². The number of anilines is 1. The van der Waals surface area contributed by atoms with Gasteiger partial charge in [0.15, 0.2) is 5.79 Å². The Bertz CT molecular complexity index is 404. The molecule has 0 bridgehead atoms. The molecule has 1 aliphatic rings. The van der Waals surface area contributed by atoms with Gasteiger partial charge in [-0.2, -0.15) is 0 Å². The first-order chi connectivity index (χ1) is 8.65. The molecule has 3 N–H and O–H groups in total. The van der Waals surface area contributed by atoms with Gasteiger partial charge in [0.1, 0.15) is 12.2 Å². The number of benzene rings is 1. The fourth-order valence-electron chi connectivity index (χ4n) is 2.42. The quantitative estimate of drug-likeness (QED) is 0.805. The molecular weight excluding hydrogens is 230 g/mol. The van der Waals surface area contributed by atoms with Crippen LogP contribution in [0.2, 0.25) is 0 Å². The highest BCUT2D eigenvalue weighted by Gasteiger charge is 2.46.